The van der Waals surface area contributed by atoms with Gasteiger partial charge in [0.15, 0.2) is 6.10 Å². The minimum atomic E-state index is -1.13. The number of unbranched alkanes of at least 4 members (excludes halogenated alkanes) is 15. The number of hydrogen-bond donors (Lipinski definition) is 0. The molecule has 8 heteroatoms. The van der Waals surface area contributed by atoms with Crippen molar-refractivity contribution in [1.29, 1.82) is 0 Å². The summed E-state index contributed by atoms with van der Waals surface area (Å²) in [5, 5.41) is 11.6. The van der Waals surface area contributed by atoms with E-state index in [4.69, 9.17) is 14.2 Å². The average Bonchev–Trinajstić information content (AvgIpc) is 3.15. The molecule has 0 aromatic carbocycles. The fourth-order valence-corrected chi connectivity index (χ4v) is 5.99. The molecule has 56 heavy (non-hydrogen) atoms. The summed E-state index contributed by atoms with van der Waals surface area (Å²) in [4.78, 5) is 36.8. The van der Waals surface area contributed by atoms with Gasteiger partial charge in [0.25, 0.3) is 0 Å². The zero-order chi connectivity index (χ0) is 41.4. The fraction of sp³-hybridized carbons (Fsp3) is 0.688. The second-order valence-electron chi connectivity index (χ2n) is 15.6. The molecule has 0 N–H and O–H groups in total. The summed E-state index contributed by atoms with van der Waals surface area (Å²) in [7, 11) is 5.39. The molecular weight excluding hydrogens is 703 g/mol. The third-order valence-electron chi connectivity index (χ3n) is 9.42. The van der Waals surface area contributed by atoms with Gasteiger partial charge < -0.3 is 28.6 Å². The van der Waals surface area contributed by atoms with E-state index in [1.54, 1.807) is 21.1 Å². The van der Waals surface area contributed by atoms with Gasteiger partial charge in [0.2, 0.25) is 0 Å². The summed E-state index contributed by atoms with van der Waals surface area (Å²) < 4.78 is 17.1. The van der Waals surface area contributed by atoms with Gasteiger partial charge in [0.1, 0.15) is 12.6 Å². The van der Waals surface area contributed by atoms with Crippen LogP contribution in [0.25, 0.3) is 0 Å². The van der Waals surface area contributed by atoms with Crippen LogP contribution in [0.15, 0.2) is 72.9 Å². The van der Waals surface area contributed by atoms with E-state index in [2.05, 4.69) is 56.4 Å². The molecule has 0 aromatic heterocycles. The highest BCUT2D eigenvalue weighted by atomic mass is 16.6. The minimum absolute atomic E-state index is 0.0246. The Labute approximate surface area is 342 Å². The van der Waals surface area contributed by atoms with E-state index in [0.29, 0.717) is 6.42 Å². The van der Waals surface area contributed by atoms with Gasteiger partial charge in [-0.1, -0.05) is 151 Å². The molecule has 8 nitrogen and oxygen atoms in total. The van der Waals surface area contributed by atoms with E-state index in [1.165, 1.54) is 51.4 Å². The maximum atomic E-state index is 12.7. The summed E-state index contributed by atoms with van der Waals surface area (Å²) in [5.41, 5.74) is 0. The van der Waals surface area contributed by atoms with E-state index >= 15 is 0 Å². The van der Waals surface area contributed by atoms with Crippen molar-refractivity contribution in [3.8, 4) is 0 Å². The number of aliphatic carboxylic acids is 1. The van der Waals surface area contributed by atoms with Crippen molar-refractivity contribution in [2.24, 2.45) is 0 Å². The van der Waals surface area contributed by atoms with E-state index in [9.17, 15) is 19.5 Å². The lowest BCUT2D eigenvalue weighted by molar-refractivity contribution is -0.889. The second kappa shape index (κ2) is 38.6. The Kier molecular flexibility index (Phi) is 36.4. The predicted octanol–water partition coefficient (Wildman–Crippen LogP) is 10.6. The highest BCUT2D eigenvalue weighted by molar-refractivity contribution is 5.70. The number of carboxylic acids is 1. The molecule has 0 rings (SSSR count). The number of carbonyl (C=O) groups excluding carboxylic acids is 3. The van der Waals surface area contributed by atoms with Gasteiger partial charge in [-0.3, -0.25) is 9.59 Å². The number of likely N-dealkylation sites (N-methyl/N-ethyl adjacent to an activating group) is 1. The Bertz CT molecular complexity index is 1140. The average molecular weight is 784 g/mol. The Morgan fingerprint density at radius 1 is 0.571 bits per heavy atom. The zero-order valence-electron chi connectivity index (χ0n) is 36.3. The van der Waals surface area contributed by atoms with Crippen molar-refractivity contribution in [3.05, 3.63) is 72.9 Å². The number of quaternary nitrogens is 1. The summed E-state index contributed by atoms with van der Waals surface area (Å²) in [6.07, 6.45) is 47.8. The molecule has 0 fully saturated rings. The summed E-state index contributed by atoms with van der Waals surface area (Å²) >= 11 is 0. The molecule has 0 aromatic rings. The van der Waals surface area contributed by atoms with Crippen LogP contribution in [0.1, 0.15) is 162 Å². The summed E-state index contributed by atoms with van der Waals surface area (Å²) in [6, 6.07) is -0.735. The van der Waals surface area contributed by atoms with Crippen molar-refractivity contribution in [2.45, 2.75) is 174 Å². The Hall–Kier alpha value is -3.23. The van der Waals surface area contributed by atoms with Crippen LogP contribution in [-0.4, -0.2) is 75.5 Å². The van der Waals surface area contributed by atoms with E-state index in [0.717, 1.165) is 77.0 Å². The third kappa shape index (κ3) is 36.4. The van der Waals surface area contributed by atoms with Gasteiger partial charge >= 0.3 is 11.9 Å². The molecule has 0 spiro atoms. The summed E-state index contributed by atoms with van der Waals surface area (Å²) in [5.74, 6) is -1.78. The molecule has 0 saturated heterocycles. The van der Waals surface area contributed by atoms with Crippen LogP contribution in [0.3, 0.4) is 0 Å². The van der Waals surface area contributed by atoms with Crippen molar-refractivity contribution < 1.29 is 38.2 Å². The molecule has 0 saturated carbocycles. The van der Waals surface area contributed by atoms with Crippen LogP contribution in [0.4, 0.5) is 0 Å². The van der Waals surface area contributed by atoms with E-state index in [1.807, 2.05) is 30.4 Å². The van der Waals surface area contributed by atoms with E-state index < -0.39 is 18.1 Å². The number of carboxylic acid groups (broad SMARTS) is 1. The number of hydrogen-bond acceptors (Lipinski definition) is 7. The molecule has 0 bridgehead atoms. The van der Waals surface area contributed by atoms with Crippen molar-refractivity contribution in [3.63, 3.8) is 0 Å². The maximum absolute atomic E-state index is 12.7. The molecule has 2 unspecified atom stereocenters. The number of esters is 2. The standard InChI is InChI=1S/C48H81NO7/c1-6-8-10-12-14-16-18-20-22-23-25-26-28-30-32-34-36-38-46(50)55-43-44(42-54-41-40-45(48(52)53)49(3,4)5)56-47(51)39-37-35-33-31-29-27-24-21-19-17-15-13-11-9-7-2/h9,11,13-17,19-22,24,44-45H,6-8,10,12,18,23,25-43H2,1-5H3/b11-9+,15-13+,16-14+,19-17+,22-20+,24-21+. The molecule has 0 amide bonds. The third-order valence-corrected chi connectivity index (χ3v) is 9.42. The molecule has 320 valence electrons. The van der Waals surface area contributed by atoms with Gasteiger partial charge in [0.05, 0.1) is 40.3 Å². The highest BCUT2D eigenvalue weighted by Gasteiger charge is 2.25. The summed E-state index contributed by atoms with van der Waals surface area (Å²) in [6.45, 7) is 4.45. The first-order valence-corrected chi connectivity index (χ1v) is 22.0. The van der Waals surface area contributed by atoms with Crippen molar-refractivity contribution >= 4 is 17.9 Å². The minimum Gasteiger partial charge on any atom is -0.544 e. The van der Waals surface area contributed by atoms with Crippen LogP contribution in [0.2, 0.25) is 0 Å². The number of rotatable bonds is 38. The highest BCUT2D eigenvalue weighted by Crippen LogP contribution is 2.13. The van der Waals surface area contributed by atoms with Gasteiger partial charge in [-0.15, -0.1) is 0 Å². The molecule has 0 radical (unpaired) electrons. The van der Waals surface area contributed by atoms with Crippen LogP contribution < -0.4 is 5.11 Å². The SMILES string of the molecule is CC/C=C/C=C/C=C/C=C/CCCCCCCC(=O)OC(COCCC(C(=O)[O-])[N+](C)(C)C)COC(=O)CCCCCCCCC/C=C/C/C=C/CCCCC. The number of allylic oxidation sites excluding steroid dienone is 12. The smallest absolute Gasteiger partial charge is 0.306 e. The number of nitrogens with zero attached hydrogens (tertiary/aromatic N) is 1. The van der Waals surface area contributed by atoms with Gasteiger partial charge in [-0.25, -0.2) is 0 Å². The lowest BCUT2D eigenvalue weighted by Crippen LogP contribution is -2.55. The normalized spacial score (nSPS) is 13.7. The first-order chi connectivity index (χ1) is 27.1. The van der Waals surface area contributed by atoms with Crippen LogP contribution in [-0.2, 0) is 28.6 Å². The zero-order valence-corrected chi connectivity index (χ0v) is 36.3. The first-order valence-electron chi connectivity index (χ1n) is 22.0. The van der Waals surface area contributed by atoms with Gasteiger partial charge in [0, 0.05) is 19.3 Å². The number of carbonyl (C=O) groups is 3. The van der Waals surface area contributed by atoms with Crippen LogP contribution >= 0.6 is 0 Å². The lowest BCUT2D eigenvalue weighted by atomic mass is 10.1. The predicted molar refractivity (Wildman–Crippen MR) is 231 cm³/mol. The fourth-order valence-electron chi connectivity index (χ4n) is 5.99. The Balaban J connectivity index is 4.40. The van der Waals surface area contributed by atoms with Crippen molar-refractivity contribution in [2.75, 3.05) is 41.0 Å². The van der Waals surface area contributed by atoms with Gasteiger partial charge in [-0.05, 0) is 64.2 Å². The lowest BCUT2D eigenvalue weighted by Gasteiger charge is -2.34. The second-order valence-corrected chi connectivity index (χ2v) is 15.6. The number of ether oxygens (including phenoxy) is 3. The molecule has 2 atom stereocenters. The first kappa shape index (κ1) is 52.8. The van der Waals surface area contributed by atoms with Crippen molar-refractivity contribution in [1.82, 2.24) is 0 Å². The van der Waals surface area contributed by atoms with Crippen LogP contribution in [0, 0.1) is 0 Å². The quantitative estimate of drug-likeness (QED) is 0.0202. The van der Waals surface area contributed by atoms with E-state index in [-0.39, 0.29) is 49.1 Å². The van der Waals surface area contributed by atoms with Crippen LogP contribution in [0.5, 0.6) is 0 Å². The molecule has 0 aliphatic carbocycles. The molecule has 0 heterocycles. The topological polar surface area (TPSA) is 102 Å². The maximum Gasteiger partial charge on any atom is 0.306 e. The molecular formula is C48H81NO7. The Morgan fingerprint density at radius 2 is 1.07 bits per heavy atom. The monoisotopic (exact) mass is 784 g/mol. The molecule has 0 aliphatic heterocycles. The largest absolute Gasteiger partial charge is 0.544 e. The van der Waals surface area contributed by atoms with Gasteiger partial charge in [-0.2, -0.15) is 0 Å². The molecule has 0 aliphatic rings. The Morgan fingerprint density at radius 3 is 1.62 bits per heavy atom.